The van der Waals surface area contributed by atoms with Crippen LogP contribution in [0.5, 0.6) is 0 Å². The lowest BCUT2D eigenvalue weighted by Gasteiger charge is -2.32. The molecule has 0 bridgehead atoms. The molecule has 0 saturated carbocycles. The zero-order valence-electron chi connectivity index (χ0n) is 16.5. The number of alkyl carbamates (subject to hydrolysis) is 1. The van der Waals surface area contributed by atoms with E-state index >= 15 is 0 Å². The average Bonchev–Trinajstić information content (AvgIpc) is 2.99. The van der Waals surface area contributed by atoms with Gasteiger partial charge in [0, 0.05) is 0 Å². The first-order valence-corrected chi connectivity index (χ1v) is 9.43. The fourth-order valence-electron chi connectivity index (χ4n) is 3.22. The van der Waals surface area contributed by atoms with E-state index in [1.807, 2.05) is 38.1 Å². The zero-order chi connectivity index (χ0) is 20.0. The molecule has 0 saturated heterocycles. The SMILES string of the molecule is CCCC[C@H](NC(=O)[C@@H](NC(=O)OC)C(C)C)C1Nc2ccccc2N1N. The monoisotopic (exact) mass is 377 g/mol. The number of nitrogens with zero attached hydrogens (tertiary/aromatic N) is 1. The van der Waals surface area contributed by atoms with Gasteiger partial charge in [-0.05, 0) is 24.5 Å². The molecule has 27 heavy (non-hydrogen) atoms. The molecule has 2 amide bonds. The Labute approximate surface area is 160 Å². The van der Waals surface area contributed by atoms with E-state index in [0.717, 1.165) is 30.6 Å². The molecule has 2 rings (SSSR count). The van der Waals surface area contributed by atoms with Crippen LogP contribution >= 0.6 is 0 Å². The van der Waals surface area contributed by atoms with Gasteiger partial charge >= 0.3 is 6.09 Å². The van der Waals surface area contributed by atoms with Crippen LogP contribution in [0.15, 0.2) is 24.3 Å². The van der Waals surface area contributed by atoms with Crippen molar-refractivity contribution in [1.29, 1.82) is 0 Å². The van der Waals surface area contributed by atoms with E-state index in [1.165, 1.54) is 7.11 Å². The van der Waals surface area contributed by atoms with E-state index < -0.39 is 12.1 Å². The number of hydrazine groups is 1. The van der Waals surface area contributed by atoms with Crippen molar-refractivity contribution in [1.82, 2.24) is 10.6 Å². The number of nitrogens with two attached hydrogens (primary N) is 1. The minimum Gasteiger partial charge on any atom is -0.453 e. The molecule has 5 N–H and O–H groups in total. The van der Waals surface area contributed by atoms with Gasteiger partial charge in [0.25, 0.3) is 0 Å². The fourth-order valence-corrected chi connectivity index (χ4v) is 3.22. The number of benzene rings is 1. The Kier molecular flexibility index (Phi) is 7.29. The Morgan fingerprint density at radius 1 is 1.30 bits per heavy atom. The molecule has 1 aromatic rings. The van der Waals surface area contributed by atoms with Gasteiger partial charge in [0.05, 0.1) is 24.5 Å². The molecule has 0 fully saturated rings. The van der Waals surface area contributed by atoms with Crippen molar-refractivity contribution in [2.75, 3.05) is 17.4 Å². The molecular formula is C19H31N5O3. The number of carbonyl (C=O) groups excluding carboxylic acids is 2. The summed E-state index contributed by atoms with van der Waals surface area (Å²) in [6.45, 7) is 5.85. The average molecular weight is 377 g/mol. The molecule has 150 valence electrons. The van der Waals surface area contributed by atoms with Gasteiger partial charge in [-0.2, -0.15) is 0 Å². The Hall–Kier alpha value is -2.48. The Balaban J connectivity index is 2.14. The van der Waals surface area contributed by atoms with Gasteiger partial charge in [-0.25, -0.2) is 10.6 Å². The zero-order valence-corrected chi connectivity index (χ0v) is 16.5. The van der Waals surface area contributed by atoms with E-state index in [4.69, 9.17) is 5.84 Å². The highest BCUT2D eigenvalue weighted by molar-refractivity contribution is 5.86. The van der Waals surface area contributed by atoms with E-state index in [1.54, 1.807) is 5.01 Å². The van der Waals surface area contributed by atoms with Gasteiger partial charge in [-0.1, -0.05) is 45.7 Å². The van der Waals surface area contributed by atoms with E-state index in [0.29, 0.717) is 0 Å². The van der Waals surface area contributed by atoms with Crippen molar-refractivity contribution in [3.8, 4) is 0 Å². The Morgan fingerprint density at radius 2 is 2.00 bits per heavy atom. The lowest BCUT2D eigenvalue weighted by molar-refractivity contribution is -0.124. The first-order chi connectivity index (χ1) is 12.9. The molecule has 8 nitrogen and oxygen atoms in total. The number of amides is 2. The minimum atomic E-state index is -0.684. The van der Waals surface area contributed by atoms with Crippen LogP contribution in [0.2, 0.25) is 0 Å². The third-order valence-corrected chi connectivity index (χ3v) is 4.77. The number of unbranched alkanes of at least 4 members (excludes halogenated alkanes) is 1. The lowest BCUT2D eigenvalue weighted by Crippen LogP contribution is -2.59. The summed E-state index contributed by atoms with van der Waals surface area (Å²) >= 11 is 0. The maximum atomic E-state index is 12.9. The molecule has 1 heterocycles. The second kappa shape index (κ2) is 9.45. The number of nitrogens with one attached hydrogen (secondary N) is 3. The van der Waals surface area contributed by atoms with Crippen LogP contribution in [0.25, 0.3) is 0 Å². The Bertz CT molecular complexity index is 652. The number of methoxy groups -OCH3 is 1. The van der Waals surface area contributed by atoms with Crippen molar-refractivity contribution in [3.63, 3.8) is 0 Å². The standard InChI is InChI=1S/C19H31N5O3/c1-5-6-9-14(17-21-13-10-7-8-11-15(13)24(17)20)22-18(25)16(12(2)3)23-19(26)27-4/h7-8,10-12,14,16-17,21H,5-6,9,20H2,1-4H3,(H,22,25)(H,23,26)/t14-,16-,17?/m0/s1. The molecular weight excluding hydrogens is 346 g/mol. The molecule has 8 heteroatoms. The summed E-state index contributed by atoms with van der Waals surface area (Å²) in [6, 6.07) is 6.88. The number of ether oxygens (including phenoxy) is 1. The quantitative estimate of drug-likeness (QED) is 0.517. The third kappa shape index (κ3) is 5.03. The summed E-state index contributed by atoms with van der Waals surface area (Å²) in [5.41, 5.74) is 1.83. The first-order valence-electron chi connectivity index (χ1n) is 9.43. The van der Waals surface area contributed by atoms with Crippen LogP contribution in [0.1, 0.15) is 40.0 Å². The number of rotatable bonds is 8. The Morgan fingerprint density at radius 3 is 2.59 bits per heavy atom. The number of carbonyl (C=O) groups is 2. The van der Waals surface area contributed by atoms with Gasteiger partial charge in [0.2, 0.25) is 5.91 Å². The summed E-state index contributed by atoms with van der Waals surface area (Å²) in [6.07, 6.45) is 1.84. The van der Waals surface area contributed by atoms with Gasteiger partial charge < -0.3 is 20.7 Å². The lowest BCUT2D eigenvalue weighted by atomic mass is 10.0. The molecule has 3 atom stereocenters. The molecule has 0 aliphatic carbocycles. The van der Waals surface area contributed by atoms with Crippen LogP contribution in [-0.2, 0) is 9.53 Å². The first kappa shape index (κ1) is 20.8. The van der Waals surface area contributed by atoms with Gasteiger partial charge in [-0.3, -0.25) is 9.80 Å². The van der Waals surface area contributed by atoms with E-state index in [2.05, 4.69) is 27.6 Å². The summed E-state index contributed by atoms with van der Waals surface area (Å²) in [5, 5.41) is 10.7. The maximum Gasteiger partial charge on any atom is 0.407 e. The fraction of sp³-hybridized carbons (Fsp3) is 0.579. The second-order valence-corrected chi connectivity index (χ2v) is 7.13. The van der Waals surface area contributed by atoms with Gasteiger partial charge in [0.1, 0.15) is 12.2 Å². The van der Waals surface area contributed by atoms with Crippen LogP contribution in [0, 0.1) is 5.92 Å². The van der Waals surface area contributed by atoms with Crippen molar-refractivity contribution in [2.24, 2.45) is 11.8 Å². The number of anilines is 2. The topological polar surface area (TPSA) is 109 Å². The van der Waals surface area contributed by atoms with Crippen LogP contribution in [0.3, 0.4) is 0 Å². The third-order valence-electron chi connectivity index (χ3n) is 4.77. The number of hydrogen-bond donors (Lipinski definition) is 4. The molecule has 1 unspecified atom stereocenters. The van der Waals surface area contributed by atoms with Crippen LogP contribution in [-0.4, -0.2) is 37.4 Å². The highest BCUT2D eigenvalue weighted by Gasteiger charge is 2.35. The van der Waals surface area contributed by atoms with Crippen LogP contribution in [0.4, 0.5) is 16.2 Å². The summed E-state index contributed by atoms with van der Waals surface area (Å²) < 4.78 is 4.64. The largest absolute Gasteiger partial charge is 0.453 e. The van der Waals surface area contributed by atoms with E-state index in [-0.39, 0.29) is 24.0 Å². The van der Waals surface area contributed by atoms with Crippen molar-refractivity contribution < 1.29 is 14.3 Å². The van der Waals surface area contributed by atoms with Gasteiger partial charge in [-0.15, -0.1) is 0 Å². The van der Waals surface area contributed by atoms with Crippen molar-refractivity contribution in [2.45, 2.75) is 58.3 Å². The molecule has 0 radical (unpaired) electrons. The van der Waals surface area contributed by atoms with Crippen molar-refractivity contribution >= 4 is 23.4 Å². The molecule has 0 aromatic heterocycles. The molecule has 1 aliphatic rings. The number of fused-ring (bicyclic) bond motifs is 1. The summed E-state index contributed by atoms with van der Waals surface area (Å²) in [7, 11) is 1.28. The predicted molar refractivity (Wildman–Crippen MR) is 106 cm³/mol. The second-order valence-electron chi connectivity index (χ2n) is 7.13. The number of para-hydroxylation sites is 2. The molecule has 1 aromatic carbocycles. The number of hydrogen-bond acceptors (Lipinski definition) is 6. The normalized spacial score (nSPS) is 17.7. The summed E-state index contributed by atoms with van der Waals surface area (Å²) in [5.74, 6) is 5.97. The minimum absolute atomic E-state index is 0.0846. The summed E-state index contributed by atoms with van der Waals surface area (Å²) in [4.78, 5) is 24.5. The van der Waals surface area contributed by atoms with Gasteiger partial charge in [0.15, 0.2) is 0 Å². The van der Waals surface area contributed by atoms with Crippen molar-refractivity contribution in [3.05, 3.63) is 24.3 Å². The van der Waals surface area contributed by atoms with E-state index in [9.17, 15) is 9.59 Å². The van der Waals surface area contributed by atoms with Crippen LogP contribution < -0.4 is 26.8 Å². The predicted octanol–water partition coefficient (Wildman–Crippen LogP) is 2.17. The highest BCUT2D eigenvalue weighted by atomic mass is 16.5. The highest BCUT2D eigenvalue weighted by Crippen LogP contribution is 2.33. The molecule has 1 aliphatic heterocycles. The smallest absolute Gasteiger partial charge is 0.407 e. The molecule has 0 spiro atoms. The maximum absolute atomic E-state index is 12.9.